The molecule has 1 spiro atoms. The fourth-order valence-electron chi connectivity index (χ4n) is 10.1. The Morgan fingerprint density at radius 1 is 0.475 bits per heavy atom. The van der Waals surface area contributed by atoms with Gasteiger partial charge in [-0.25, -0.2) is 4.98 Å². The first-order valence-electron chi connectivity index (χ1n) is 19.8. The van der Waals surface area contributed by atoms with E-state index in [9.17, 15) is 5.26 Å². The zero-order valence-electron chi connectivity index (χ0n) is 31.4. The van der Waals surface area contributed by atoms with Gasteiger partial charge in [0.2, 0.25) is 5.95 Å². The van der Waals surface area contributed by atoms with Gasteiger partial charge < -0.3 is 4.42 Å². The highest BCUT2D eigenvalue weighted by molar-refractivity contribution is 6.16. The van der Waals surface area contributed by atoms with Crippen LogP contribution in [0.25, 0.3) is 94.7 Å². The van der Waals surface area contributed by atoms with Gasteiger partial charge in [-0.2, -0.15) is 15.2 Å². The van der Waals surface area contributed by atoms with E-state index in [1.165, 1.54) is 44.5 Å². The summed E-state index contributed by atoms with van der Waals surface area (Å²) in [7, 11) is 0. The molecule has 0 radical (unpaired) electrons. The predicted octanol–water partition coefficient (Wildman–Crippen LogP) is 12.4. The molecule has 0 saturated carbocycles. The van der Waals surface area contributed by atoms with Gasteiger partial charge in [0, 0.05) is 38.2 Å². The monoisotopic (exact) mass is 751 g/mol. The van der Waals surface area contributed by atoms with Crippen LogP contribution in [0.1, 0.15) is 27.8 Å². The molecule has 0 saturated heterocycles. The minimum Gasteiger partial charge on any atom is -0.456 e. The quantitative estimate of drug-likeness (QED) is 0.180. The predicted molar refractivity (Wildman–Crippen MR) is 233 cm³/mol. The largest absolute Gasteiger partial charge is 0.456 e. The van der Waals surface area contributed by atoms with Gasteiger partial charge in [-0.1, -0.05) is 133 Å². The van der Waals surface area contributed by atoms with Crippen LogP contribution >= 0.6 is 0 Å². The van der Waals surface area contributed by atoms with Crippen LogP contribution in [0.15, 0.2) is 180 Å². The molecule has 6 heteroatoms. The molecule has 2 aliphatic carbocycles. The van der Waals surface area contributed by atoms with Crippen LogP contribution in [0.3, 0.4) is 0 Å². The maximum Gasteiger partial charge on any atom is 0.238 e. The third-order valence-corrected chi connectivity index (χ3v) is 12.5. The number of hydrogen-bond acceptors (Lipinski definition) is 5. The zero-order valence-corrected chi connectivity index (χ0v) is 31.4. The Hall–Kier alpha value is -8.14. The molecule has 3 aromatic heterocycles. The molecule has 13 rings (SSSR count). The summed E-state index contributed by atoms with van der Waals surface area (Å²) in [6, 6.07) is 63.9. The summed E-state index contributed by atoms with van der Waals surface area (Å²) < 4.78 is 8.46. The van der Waals surface area contributed by atoms with Crippen LogP contribution in [0.5, 0.6) is 0 Å². The Morgan fingerprint density at radius 3 is 1.83 bits per heavy atom. The molecular weight excluding hydrogens is 723 g/mol. The van der Waals surface area contributed by atoms with E-state index in [4.69, 9.17) is 19.4 Å². The van der Waals surface area contributed by atoms with Gasteiger partial charge in [0.05, 0.1) is 28.1 Å². The number of hydrogen-bond donors (Lipinski definition) is 0. The molecule has 3 heterocycles. The normalized spacial score (nSPS) is 13.2. The van der Waals surface area contributed by atoms with E-state index < -0.39 is 5.41 Å². The van der Waals surface area contributed by atoms with Crippen LogP contribution in [0, 0.1) is 11.3 Å². The molecule has 0 unspecified atom stereocenters. The smallest absolute Gasteiger partial charge is 0.238 e. The van der Waals surface area contributed by atoms with E-state index in [1.807, 2.05) is 54.6 Å². The molecule has 0 fully saturated rings. The molecule has 6 nitrogen and oxygen atoms in total. The van der Waals surface area contributed by atoms with Crippen molar-refractivity contribution in [3.8, 4) is 57.0 Å². The number of fused-ring (bicyclic) bond motifs is 17. The van der Waals surface area contributed by atoms with E-state index in [2.05, 4.69) is 126 Å². The molecular formula is C53H29N5O. The second-order valence-corrected chi connectivity index (χ2v) is 15.4. The summed E-state index contributed by atoms with van der Waals surface area (Å²) in [5.74, 6) is 1.64. The van der Waals surface area contributed by atoms with Gasteiger partial charge in [0.1, 0.15) is 11.2 Å². The molecule has 59 heavy (non-hydrogen) atoms. The third-order valence-electron chi connectivity index (χ3n) is 12.5. The maximum absolute atomic E-state index is 9.70. The number of nitrogens with zero attached hydrogens (tertiary/aromatic N) is 5. The highest BCUT2D eigenvalue weighted by atomic mass is 16.3. The van der Waals surface area contributed by atoms with Crippen molar-refractivity contribution in [2.45, 2.75) is 5.41 Å². The lowest BCUT2D eigenvalue weighted by Gasteiger charge is -2.30. The van der Waals surface area contributed by atoms with Crippen LogP contribution in [0.4, 0.5) is 0 Å². The summed E-state index contributed by atoms with van der Waals surface area (Å²) in [6.45, 7) is 0. The Labute approximate surface area is 337 Å². The summed E-state index contributed by atoms with van der Waals surface area (Å²) in [5, 5.41) is 13.7. The van der Waals surface area contributed by atoms with Crippen LogP contribution in [0.2, 0.25) is 0 Å². The van der Waals surface area contributed by atoms with Gasteiger partial charge >= 0.3 is 0 Å². The molecule has 0 N–H and O–H groups in total. The minimum atomic E-state index is -0.498. The SMILES string of the molecule is N#Cc1ccc2oc3ccc(-c4nc(-c5ccccc5)nc(-n5c6ccccc6c6ccc7c(c65)-c5ccccc5C75c6ccccc6-c6ccccc65)n4)cc3c2c1. The van der Waals surface area contributed by atoms with Crippen LogP contribution in [-0.2, 0) is 5.41 Å². The number of benzene rings is 8. The van der Waals surface area contributed by atoms with E-state index in [1.54, 1.807) is 6.07 Å². The van der Waals surface area contributed by atoms with Crippen molar-refractivity contribution in [3.63, 3.8) is 0 Å². The highest BCUT2D eigenvalue weighted by Crippen LogP contribution is 2.64. The van der Waals surface area contributed by atoms with E-state index in [-0.39, 0.29) is 0 Å². The fraction of sp³-hybridized carbons (Fsp3) is 0.0189. The molecule has 0 bridgehead atoms. The van der Waals surface area contributed by atoms with E-state index >= 15 is 0 Å². The maximum atomic E-state index is 9.70. The topological polar surface area (TPSA) is 80.5 Å². The molecule has 8 aromatic carbocycles. The molecule has 11 aromatic rings. The molecule has 2 aliphatic rings. The number of para-hydroxylation sites is 1. The first-order valence-corrected chi connectivity index (χ1v) is 19.8. The van der Waals surface area contributed by atoms with Crippen molar-refractivity contribution in [2.75, 3.05) is 0 Å². The number of aromatic nitrogens is 4. The average molecular weight is 752 g/mol. The van der Waals surface area contributed by atoms with Gasteiger partial charge in [-0.3, -0.25) is 4.57 Å². The van der Waals surface area contributed by atoms with Gasteiger partial charge in [-0.15, -0.1) is 0 Å². The van der Waals surface area contributed by atoms with Gasteiger partial charge in [0.15, 0.2) is 11.6 Å². The lowest BCUT2D eigenvalue weighted by Crippen LogP contribution is -2.25. The van der Waals surface area contributed by atoms with Gasteiger partial charge in [0.25, 0.3) is 0 Å². The standard InChI is InChI=1S/C53H29N5O/c54-30-31-22-26-46-39(28-31)40-29-33(23-27-47(40)59-46)51-55-50(32-12-2-1-3-13-32)56-52(57-51)58-45-21-11-7-16-36(45)37-24-25-44-48(49(37)58)38-17-6-10-20-43(38)53(44)41-18-8-4-14-34(41)35-15-5-9-19-42(35)53/h1-29H. The Morgan fingerprint density at radius 2 is 1.08 bits per heavy atom. The van der Waals surface area contributed by atoms with Crippen molar-refractivity contribution in [1.82, 2.24) is 19.5 Å². The highest BCUT2D eigenvalue weighted by Gasteiger charge is 2.52. The summed E-state index contributed by atoms with van der Waals surface area (Å²) in [4.78, 5) is 15.8. The molecule has 0 amide bonds. The van der Waals surface area contributed by atoms with Crippen LogP contribution < -0.4 is 0 Å². The fourth-order valence-corrected chi connectivity index (χ4v) is 10.1. The second-order valence-electron chi connectivity index (χ2n) is 15.4. The Bertz CT molecular complexity index is 3600. The second kappa shape index (κ2) is 11.7. The van der Waals surface area contributed by atoms with E-state index in [0.29, 0.717) is 23.2 Å². The summed E-state index contributed by atoms with van der Waals surface area (Å²) in [5.41, 5.74) is 15.4. The Balaban J connectivity index is 1.14. The van der Waals surface area contributed by atoms with Crippen LogP contribution in [-0.4, -0.2) is 19.5 Å². The Kier molecular flexibility index (Phi) is 6.35. The average Bonchev–Trinajstić information content (AvgIpc) is 4.02. The lowest BCUT2D eigenvalue weighted by molar-refractivity contribution is 0.669. The lowest BCUT2D eigenvalue weighted by atomic mass is 9.70. The van der Waals surface area contributed by atoms with Crippen molar-refractivity contribution in [3.05, 3.63) is 204 Å². The number of nitriles is 1. The molecule has 0 aliphatic heterocycles. The summed E-state index contributed by atoms with van der Waals surface area (Å²) in [6.07, 6.45) is 0. The van der Waals surface area contributed by atoms with Crippen molar-refractivity contribution < 1.29 is 4.42 Å². The van der Waals surface area contributed by atoms with Crippen molar-refractivity contribution in [1.29, 1.82) is 5.26 Å². The number of rotatable bonds is 3. The van der Waals surface area contributed by atoms with Crippen molar-refractivity contribution >= 4 is 43.7 Å². The third kappa shape index (κ3) is 4.20. The van der Waals surface area contributed by atoms with E-state index in [0.717, 1.165) is 54.9 Å². The van der Waals surface area contributed by atoms with Crippen molar-refractivity contribution in [2.24, 2.45) is 0 Å². The molecule has 272 valence electrons. The molecule has 0 atom stereocenters. The zero-order chi connectivity index (χ0) is 38.8. The minimum absolute atomic E-state index is 0.498. The summed E-state index contributed by atoms with van der Waals surface area (Å²) >= 11 is 0. The number of furan rings is 1. The first-order chi connectivity index (χ1) is 29.2. The van der Waals surface area contributed by atoms with Gasteiger partial charge in [-0.05, 0) is 81.4 Å². The first kappa shape index (κ1) is 32.0.